The predicted octanol–water partition coefficient (Wildman–Crippen LogP) is 0.956. The van der Waals surface area contributed by atoms with Gasteiger partial charge in [0.15, 0.2) is 0 Å². The van der Waals surface area contributed by atoms with E-state index in [1.165, 1.54) is 0 Å². The SMILES string of the molecule is COc1ccc(CCC(N)CO)c(OC)c1. The summed E-state index contributed by atoms with van der Waals surface area (Å²) in [5.74, 6) is 1.57. The van der Waals surface area contributed by atoms with Crippen LogP contribution in [0.5, 0.6) is 11.5 Å². The molecule has 0 aliphatic rings. The molecule has 0 saturated carbocycles. The second kappa shape index (κ2) is 6.35. The predicted molar refractivity (Wildman–Crippen MR) is 62.9 cm³/mol. The van der Waals surface area contributed by atoms with Gasteiger partial charge in [0.25, 0.3) is 0 Å². The van der Waals surface area contributed by atoms with Gasteiger partial charge in [0, 0.05) is 12.1 Å². The first-order chi connectivity index (χ1) is 7.71. The van der Waals surface area contributed by atoms with E-state index in [9.17, 15) is 0 Å². The fraction of sp³-hybridized carbons (Fsp3) is 0.500. The molecule has 0 radical (unpaired) electrons. The molecule has 4 nitrogen and oxygen atoms in total. The lowest BCUT2D eigenvalue weighted by Gasteiger charge is -2.12. The van der Waals surface area contributed by atoms with Gasteiger partial charge < -0.3 is 20.3 Å². The summed E-state index contributed by atoms with van der Waals surface area (Å²) in [7, 11) is 3.25. The molecule has 1 rings (SSSR count). The van der Waals surface area contributed by atoms with E-state index in [2.05, 4.69) is 0 Å². The summed E-state index contributed by atoms with van der Waals surface area (Å²) in [6.07, 6.45) is 1.52. The molecule has 90 valence electrons. The molecule has 3 N–H and O–H groups in total. The third-order valence-corrected chi connectivity index (χ3v) is 2.51. The first-order valence-corrected chi connectivity index (χ1v) is 5.28. The Morgan fingerprint density at radius 2 is 2.06 bits per heavy atom. The zero-order valence-corrected chi connectivity index (χ0v) is 9.77. The van der Waals surface area contributed by atoms with Gasteiger partial charge in [-0.1, -0.05) is 6.07 Å². The molecule has 4 heteroatoms. The van der Waals surface area contributed by atoms with E-state index < -0.39 is 0 Å². The van der Waals surface area contributed by atoms with Crippen LogP contribution in [0.2, 0.25) is 0 Å². The van der Waals surface area contributed by atoms with Crippen molar-refractivity contribution < 1.29 is 14.6 Å². The molecule has 0 aliphatic heterocycles. The van der Waals surface area contributed by atoms with Gasteiger partial charge in [0.2, 0.25) is 0 Å². The van der Waals surface area contributed by atoms with Crippen molar-refractivity contribution in [2.24, 2.45) is 5.73 Å². The van der Waals surface area contributed by atoms with Crippen molar-refractivity contribution >= 4 is 0 Å². The van der Waals surface area contributed by atoms with Crippen molar-refractivity contribution in [1.29, 1.82) is 0 Å². The van der Waals surface area contributed by atoms with Crippen LogP contribution < -0.4 is 15.2 Å². The van der Waals surface area contributed by atoms with E-state index in [1.54, 1.807) is 14.2 Å². The van der Waals surface area contributed by atoms with Crippen LogP contribution in [-0.2, 0) is 6.42 Å². The van der Waals surface area contributed by atoms with Gasteiger partial charge in [-0.3, -0.25) is 0 Å². The maximum absolute atomic E-state index is 8.85. The minimum absolute atomic E-state index is 0.0124. The van der Waals surface area contributed by atoms with Crippen molar-refractivity contribution in [2.45, 2.75) is 18.9 Å². The molecular weight excluding hydrogens is 206 g/mol. The largest absolute Gasteiger partial charge is 0.497 e. The highest BCUT2D eigenvalue weighted by atomic mass is 16.5. The highest BCUT2D eigenvalue weighted by Gasteiger charge is 2.07. The molecule has 1 aromatic rings. The van der Waals surface area contributed by atoms with Gasteiger partial charge in [-0.15, -0.1) is 0 Å². The van der Waals surface area contributed by atoms with Gasteiger partial charge in [0.1, 0.15) is 11.5 Å². The minimum atomic E-state index is -0.174. The van der Waals surface area contributed by atoms with E-state index in [-0.39, 0.29) is 12.6 Å². The van der Waals surface area contributed by atoms with Crippen molar-refractivity contribution in [3.8, 4) is 11.5 Å². The Bertz CT molecular complexity index is 328. The van der Waals surface area contributed by atoms with Gasteiger partial charge in [-0.25, -0.2) is 0 Å². The zero-order valence-electron chi connectivity index (χ0n) is 9.77. The average Bonchev–Trinajstić information content (AvgIpc) is 2.35. The van der Waals surface area contributed by atoms with Gasteiger partial charge in [0.05, 0.1) is 20.8 Å². The minimum Gasteiger partial charge on any atom is -0.497 e. The van der Waals surface area contributed by atoms with E-state index in [0.29, 0.717) is 0 Å². The summed E-state index contributed by atoms with van der Waals surface area (Å²) >= 11 is 0. The number of ether oxygens (including phenoxy) is 2. The molecule has 0 spiro atoms. The summed E-state index contributed by atoms with van der Waals surface area (Å²) in [6.45, 7) is 0.0124. The van der Waals surface area contributed by atoms with Crippen molar-refractivity contribution in [1.82, 2.24) is 0 Å². The Labute approximate surface area is 96.0 Å². The first-order valence-electron chi connectivity index (χ1n) is 5.28. The molecule has 0 saturated heterocycles. The molecule has 0 aromatic heterocycles. The van der Waals surface area contributed by atoms with Crippen LogP contribution in [0.25, 0.3) is 0 Å². The van der Waals surface area contributed by atoms with Crippen LogP contribution in [-0.4, -0.2) is 32.0 Å². The maximum Gasteiger partial charge on any atom is 0.125 e. The Morgan fingerprint density at radius 1 is 1.31 bits per heavy atom. The molecule has 1 atom stereocenters. The topological polar surface area (TPSA) is 64.7 Å². The lowest BCUT2D eigenvalue weighted by Crippen LogP contribution is -2.24. The van der Waals surface area contributed by atoms with E-state index in [1.807, 2.05) is 18.2 Å². The van der Waals surface area contributed by atoms with Crippen molar-refractivity contribution in [3.63, 3.8) is 0 Å². The van der Waals surface area contributed by atoms with E-state index >= 15 is 0 Å². The molecule has 16 heavy (non-hydrogen) atoms. The molecule has 1 aromatic carbocycles. The van der Waals surface area contributed by atoms with Crippen LogP contribution in [0, 0.1) is 0 Å². The number of methoxy groups -OCH3 is 2. The summed E-state index contributed by atoms with van der Waals surface area (Å²) < 4.78 is 10.4. The second-order valence-electron chi connectivity index (χ2n) is 3.66. The van der Waals surface area contributed by atoms with Gasteiger partial charge in [-0.2, -0.15) is 0 Å². The molecule has 0 fully saturated rings. The van der Waals surface area contributed by atoms with E-state index in [4.69, 9.17) is 20.3 Å². The number of hydrogen-bond donors (Lipinski definition) is 2. The summed E-state index contributed by atoms with van der Waals surface area (Å²) in [6, 6.07) is 5.52. The van der Waals surface area contributed by atoms with Gasteiger partial charge >= 0.3 is 0 Å². The standard InChI is InChI=1S/C12H19NO3/c1-15-11-6-4-9(12(7-11)16-2)3-5-10(13)8-14/h4,6-7,10,14H,3,5,8,13H2,1-2H3. The number of aliphatic hydroxyl groups is 1. The Balaban J connectivity index is 2.71. The number of aliphatic hydroxyl groups excluding tert-OH is 1. The Kier molecular flexibility index (Phi) is 5.08. The van der Waals surface area contributed by atoms with Crippen LogP contribution in [0.1, 0.15) is 12.0 Å². The summed E-state index contributed by atoms with van der Waals surface area (Å²) in [5.41, 5.74) is 6.73. The Morgan fingerprint density at radius 3 is 2.62 bits per heavy atom. The number of nitrogens with two attached hydrogens (primary N) is 1. The quantitative estimate of drug-likeness (QED) is 0.756. The number of hydrogen-bond acceptors (Lipinski definition) is 4. The van der Waals surface area contributed by atoms with Gasteiger partial charge in [-0.05, 0) is 24.5 Å². The number of rotatable bonds is 6. The van der Waals surface area contributed by atoms with Crippen LogP contribution in [0.4, 0.5) is 0 Å². The molecule has 0 heterocycles. The lowest BCUT2D eigenvalue weighted by molar-refractivity contribution is 0.260. The van der Waals surface area contributed by atoms with Crippen LogP contribution in [0.15, 0.2) is 18.2 Å². The first kappa shape index (κ1) is 12.8. The third kappa shape index (κ3) is 3.40. The Hall–Kier alpha value is -1.26. The third-order valence-electron chi connectivity index (χ3n) is 2.51. The fourth-order valence-corrected chi connectivity index (χ4v) is 1.49. The molecule has 0 amide bonds. The van der Waals surface area contributed by atoms with Crippen LogP contribution in [0.3, 0.4) is 0 Å². The normalized spacial score (nSPS) is 12.2. The summed E-state index contributed by atoms with van der Waals surface area (Å²) in [5, 5.41) is 8.85. The molecule has 1 unspecified atom stereocenters. The van der Waals surface area contributed by atoms with E-state index in [0.717, 1.165) is 29.9 Å². The average molecular weight is 225 g/mol. The summed E-state index contributed by atoms with van der Waals surface area (Å²) in [4.78, 5) is 0. The number of benzene rings is 1. The molecule has 0 bridgehead atoms. The second-order valence-corrected chi connectivity index (χ2v) is 3.66. The lowest BCUT2D eigenvalue weighted by atomic mass is 10.0. The van der Waals surface area contributed by atoms with Crippen LogP contribution >= 0.6 is 0 Å². The zero-order chi connectivity index (χ0) is 12.0. The van der Waals surface area contributed by atoms with Crippen molar-refractivity contribution in [3.05, 3.63) is 23.8 Å². The molecular formula is C12H19NO3. The fourth-order valence-electron chi connectivity index (χ4n) is 1.49. The number of aryl methyl sites for hydroxylation is 1. The molecule has 0 aliphatic carbocycles. The van der Waals surface area contributed by atoms with Crippen molar-refractivity contribution in [2.75, 3.05) is 20.8 Å². The maximum atomic E-state index is 8.85. The monoisotopic (exact) mass is 225 g/mol. The highest BCUT2D eigenvalue weighted by Crippen LogP contribution is 2.25. The smallest absolute Gasteiger partial charge is 0.125 e. The highest BCUT2D eigenvalue weighted by molar-refractivity contribution is 5.40.